The molecule has 6 heteroatoms. The molecular weight excluding hydrogens is 402 g/mol. The van der Waals surface area contributed by atoms with E-state index in [1.165, 1.54) is 0 Å². The van der Waals surface area contributed by atoms with Crippen molar-refractivity contribution in [2.24, 2.45) is 0 Å². The molecule has 0 N–H and O–H groups in total. The zero-order chi connectivity index (χ0) is 22.8. The Morgan fingerprint density at radius 3 is 2.28 bits per heavy atom. The summed E-state index contributed by atoms with van der Waals surface area (Å²) in [5, 5.41) is 4.42. The molecule has 0 bridgehead atoms. The minimum absolute atomic E-state index is 0.0815. The maximum Gasteiger partial charge on any atom is 0.232 e. The Kier molecular flexibility index (Phi) is 8.87. The van der Waals surface area contributed by atoms with E-state index >= 15 is 0 Å². The van der Waals surface area contributed by atoms with Gasteiger partial charge in [0.15, 0.2) is 0 Å². The standard InChI is InChI=1S/C26H33N3O3/c1-4-28(5-2)26-23(25(27-32-26)22-15-10-7-11-16-22)20-29(17-12-18-31-3)24(30)19-21-13-8-6-9-14-21/h6-11,13-16H,4-5,12,17-20H2,1-3H3. The van der Waals surface area contributed by atoms with E-state index in [0.29, 0.717) is 26.1 Å². The summed E-state index contributed by atoms with van der Waals surface area (Å²) in [5.41, 5.74) is 3.72. The molecule has 32 heavy (non-hydrogen) atoms. The largest absolute Gasteiger partial charge is 0.385 e. The summed E-state index contributed by atoms with van der Waals surface area (Å²) in [6.45, 7) is 7.44. The van der Waals surface area contributed by atoms with Crippen molar-refractivity contribution < 1.29 is 14.1 Å². The molecule has 0 spiro atoms. The zero-order valence-corrected chi connectivity index (χ0v) is 19.3. The van der Waals surface area contributed by atoms with E-state index in [9.17, 15) is 4.79 Å². The molecule has 1 aromatic heterocycles. The molecular formula is C26H33N3O3. The summed E-state index contributed by atoms with van der Waals surface area (Å²) in [6.07, 6.45) is 1.13. The van der Waals surface area contributed by atoms with Crippen LogP contribution in [0.3, 0.4) is 0 Å². The first kappa shape index (κ1) is 23.5. The van der Waals surface area contributed by atoms with Crippen molar-refractivity contribution in [1.29, 1.82) is 0 Å². The van der Waals surface area contributed by atoms with Gasteiger partial charge in [-0.25, -0.2) is 0 Å². The van der Waals surface area contributed by atoms with Gasteiger partial charge in [0.2, 0.25) is 11.8 Å². The summed E-state index contributed by atoms with van der Waals surface area (Å²) in [5.74, 6) is 0.816. The molecule has 3 aromatic rings. The molecule has 0 saturated carbocycles. The molecule has 3 rings (SSSR count). The van der Waals surface area contributed by atoms with Crippen LogP contribution in [0.2, 0.25) is 0 Å². The molecule has 0 aliphatic carbocycles. The third-order valence-corrected chi connectivity index (χ3v) is 5.54. The van der Waals surface area contributed by atoms with Gasteiger partial charge in [-0.1, -0.05) is 65.8 Å². The number of ether oxygens (including phenoxy) is 1. The summed E-state index contributed by atoms with van der Waals surface area (Å²) in [4.78, 5) is 17.4. The summed E-state index contributed by atoms with van der Waals surface area (Å²) < 4.78 is 11.1. The quantitative estimate of drug-likeness (QED) is 0.383. The second-order valence-electron chi connectivity index (χ2n) is 7.68. The van der Waals surface area contributed by atoms with Crippen LogP contribution in [0, 0.1) is 0 Å². The molecule has 0 radical (unpaired) electrons. The van der Waals surface area contributed by atoms with Crippen molar-refractivity contribution in [2.75, 3.05) is 38.3 Å². The lowest BCUT2D eigenvalue weighted by molar-refractivity contribution is -0.131. The zero-order valence-electron chi connectivity index (χ0n) is 19.3. The predicted molar refractivity (Wildman–Crippen MR) is 128 cm³/mol. The lowest BCUT2D eigenvalue weighted by Gasteiger charge is -2.25. The number of aromatic nitrogens is 1. The average Bonchev–Trinajstić information content (AvgIpc) is 3.24. The number of hydrogen-bond acceptors (Lipinski definition) is 5. The number of carbonyl (C=O) groups is 1. The third kappa shape index (κ3) is 5.98. The fraction of sp³-hybridized carbons (Fsp3) is 0.385. The Labute approximate surface area is 190 Å². The fourth-order valence-electron chi connectivity index (χ4n) is 3.79. The Bertz CT molecular complexity index is 953. The van der Waals surface area contributed by atoms with E-state index in [4.69, 9.17) is 9.26 Å². The van der Waals surface area contributed by atoms with Gasteiger partial charge in [0, 0.05) is 38.9 Å². The Balaban J connectivity index is 1.94. The first-order chi connectivity index (χ1) is 15.7. The summed E-state index contributed by atoms with van der Waals surface area (Å²) in [7, 11) is 1.68. The van der Waals surface area contributed by atoms with Gasteiger partial charge in [-0.05, 0) is 25.8 Å². The Morgan fingerprint density at radius 1 is 1.00 bits per heavy atom. The van der Waals surface area contributed by atoms with Gasteiger partial charge < -0.3 is 19.1 Å². The number of rotatable bonds is 12. The summed E-state index contributed by atoms with van der Waals surface area (Å²) in [6, 6.07) is 19.9. The van der Waals surface area contributed by atoms with Gasteiger partial charge in [-0.15, -0.1) is 0 Å². The van der Waals surface area contributed by atoms with Crippen LogP contribution < -0.4 is 4.90 Å². The van der Waals surface area contributed by atoms with Crippen LogP contribution >= 0.6 is 0 Å². The lowest BCUT2D eigenvalue weighted by atomic mass is 10.1. The van der Waals surface area contributed by atoms with Crippen LogP contribution in [-0.4, -0.2) is 49.3 Å². The second-order valence-corrected chi connectivity index (χ2v) is 7.68. The van der Waals surface area contributed by atoms with Gasteiger partial charge in [-0.3, -0.25) is 4.79 Å². The average molecular weight is 436 g/mol. The summed E-state index contributed by atoms with van der Waals surface area (Å²) >= 11 is 0. The lowest BCUT2D eigenvalue weighted by Crippen LogP contribution is -2.34. The van der Waals surface area contributed by atoms with Gasteiger partial charge in [0.25, 0.3) is 0 Å². The third-order valence-electron chi connectivity index (χ3n) is 5.54. The maximum atomic E-state index is 13.3. The Hall–Kier alpha value is -3.12. The van der Waals surface area contributed by atoms with Crippen molar-refractivity contribution in [1.82, 2.24) is 10.1 Å². The molecule has 0 unspecified atom stereocenters. The molecule has 0 fully saturated rings. The van der Waals surface area contributed by atoms with Crippen molar-refractivity contribution >= 4 is 11.8 Å². The topological polar surface area (TPSA) is 58.8 Å². The highest BCUT2D eigenvalue weighted by atomic mass is 16.5. The molecule has 1 heterocycles. The van der Waals surface area contributed by atoms with Crippen LogP contribution in [0.5, 0.6) is 0 Å². The number of carbonyl (C=O) groups excluding carboxylic acids is 1. The number of hydrogen-bond donors (Lipinski definition) is 0. The number of methoxy groups -OCH3 is 1. The van der Waals surface area contributed by atoms with Crippen LogP contribution in [-0.2, 0) is 22.5 Å². The van der Waals surface area contributed by atoms with Gasteiger partial charge in [-0.2, -0.15) is 0 Å². The smallest absolute Gasteiger partial charge is 0.232 e. The highest BCUT2D eigenvalue weighted by Crippen LogP contribution is 2.32. The first-order valence-electron chi connectivity index (χ1n) is 11.3. The molecule has 170 valence electrons. The van der Waals surface area contributed by atoms with E-state index in [2.05, 4.69) is 23.9 Å². The van der Waals surface area contributed by atoms with Crippen LogP contribution in [0.1, 0.15) is 31.4 Å². The number of nitrogens with zero attached hydrogens (tertiary/aromatic N) is 3. The van der Waals surface area contributed by atoms with Crippen LogP contribution in [0.15, 0.2) is 65.2 Å². The number of anilines is 1. The van der Waals surface area contributed by atoms with E-state index in [-0.39, 0.29) is 5.91 Å². The molecule has 0 aliphatic heterocycles. The molecule has 1 amide bonds. The molecule has 0 atom stereocenters. The monoisotopic (exact) mass is 435 g/mol. The van der Waals surface area contributed by atoms with Crippen LogP contribution in [0.25, 0.3) is 11.3 Å². The van der Waals surface area contributed by atoms with Crippen molar-refractivity contribution in [3.8, 4) is 11.3 Å². The van der Waals surface area contributed by atoms with Crippen molar-refractivity contribution in [3.05, 3.63) is 71.8 Å². The maximum absolute atomic E-state index is 13.3. The number of amides is 1. The Morgan fingerprint density at radius 2 is 1.66 bits per heavy atom. The highest BCUT2D eigenvalue weighted by molar-refractivity contribution is 5.79. The molecule has 6 nitrogen and oxygen atoms in total. The fourth-order valence-corrected chi connectivity index (χ4v) is 3.79. The molecule has 0 saturated heterocycles. The van der Waals surface area contributed by atoms with E-state index < -0.39 is 0 Å². The minimum Gasteiger partial charge on any atom is -0.385 e. The van der Waals surface area contributed by atoms with E-state index in [0.717, 1.165) is 47.8 Å². The highest BCUT2D eigenvalue weighted by Gasteiger charge is 2.25. The molecule has 0 aliphatic rings. The normalized spacial score (nSPS) is 10.8. The SMILES string of the molecule is CCN(CC)c1onc(-c2ccccc2)c1CN(CCCOC)C(=O)Cc1ccccc1. The van der Waals surface area contributed by atoms with Crippen molar-refractivity contribution in [2.45, 2.75) is 33.2 Å². The van der Waals surface area contributed by atoms with Crippen molar-refractivity contribution in [3.63, 3.8) is 0 Å². The van der Waals surface area contributed by atoms with Crippen LogP contribution in [0.4, 0.5) is 5.88 Å². The minimum atomic E-state index is 0.0815. The number of benzene rings is 2. The molecule has 2 aromatic carbocycles. The van der Waals surface area contributed by atoms with Gasteiger partial charge >= 0.3 is 0 Å². The first-order valence-corrected chi connectivity index (χ1v) is 11.3. The van der Waals surface area contributed by atoms with Gasteiger partial charge in [0.1, 0.15) is 5.69 Å². The van der Waals surface area contributed by atoms with E-state index in [1.807, 2.05) is 65.6 Å². The van der Waals surface area contributed by atoms with E-state index in [1.54, 1.807) is 7.11 Å². The van der Waals surface area contributed by atoms with Gasteiger partial charge in [0.05, 0.1) is 18.5 Å². The predicted octanol–water partition coefficient (Wildman–Crippen LogP) is 4.80. The second kappa shape index (κ2) is 12.1.